The highest BCUT2D eigenvalue weighted by Crippen LogP contribution is 2.32. The molecule has 8 heteroatoms. The molecule has 5 nitrogen and oxygen atoms in total. The lowest BCUT2D eigenvalue weighted by molar-refractivity contribution is 0.0942. The maximum Gasteiger partial charge on any atom is 0.261 e. The van der Waals surface area contributed by atoms with E-state index in [2.05, 4.69) is 15.5 Å². The van der Waals surface area contributed by atoms with Crippen molar-refractivity contribution in [3.05, 3.63) is 57.4 Å². The maximum absolute atomic E-state index is 12.4. The zero-order valence-electron chi connectivity index (χ0n) is 13.0. The Bertz CT molecular complexity index is 870. The van der Waals surface area contributed by atoms with E-state index in [0.29, 0.717) is 20.7 Å². The molecule has 124 valence electrons. The van der Waals surface area contributed by atoms with E-state index in [4.69, 9.17) is 23.2 Å². The lowest BCUT2D eigenvalue weighted by Crippen LogP contribution is -2.27. The van der Waals surface area contributed by atoms with Gasteiger partial charge in [0.05, 0.1) is 10.9 Å². The van der Waals surface area contributed by atoms with Crippen molar-refractivity contribution in [2.75, 3.05) is 0 Å². The molecule has 24 heavy (non-hydrogen) atoms. The Balaban J connectivity index is 1.77. The number of amides is 1. The van der Waals surface area contributed by atoms with Gasteiger partial charge in [-0.05, 0) is 42.8 Å². The van der Waals surface area contributed by atoms with Crippen molar-refractivity contribution >= 4 is 40.4 Å². The zero-order chi connectivity index (χ0) is 17.3. The number of carbonyl (C=O) groups excluding carboxylic acids is 1. The van der Waals surface area contributed by atoms with E-state index >= 15 is 0 Å². The topological polar surface area (TPSA) is 59.8 Å². The first kappa shape index (κ1) is 17.0. The third-order valence-corrected chi connectivity index (χ3v) is 5.03. The molecule has 1 N–H and O–H groups in total. The Kier molecular flexibility index (Phi) is 4.89. The number of aryl methyl sites for hydroxylation is 1. The SMILES string of the molecule is C[C@H](NC(=O)c1ccc(-c2cc(Cl)cc(Cl)c2)s1)c1nncn1C. The van der Waals surface area contributed by atoms with E-state index in [0.717, 1.165) is 10.4 Å². The average molecular weight is 381 g/mol. The van der Waals surface area contributed by atoms with E-state index in [1.54, 1.807) is 23.0 Å². The monoisotopic (exact) mass is 380 g/mol. The summed E-state index contributed by atoms with van der Waals surface area (Å²) < 4.78 is 1.78. The van der Waals surface area contributed by atoms with Gasteiger partial charge in [0.25, 0.3) is 5.91 Å². The van der Waals surface area contributed by atoms with Crippen molar-refractivity contribution in [3.8, 4) is 10.4 Å². The molecule has 3 rings (SSSR count). The van der Waals surface area contributed by atoms with Crippen LogP contribution in [0.25, 0.3) is 10.4 Å². The van der Waals surface area contributed by atoms with Gasteiger partial charge in [-0.15, -0.1) is 21.5 Å². The summed E-state index contributed by atoms with van der Waals surface area (Å²) in [6, 6.07) is 8.75. The molecule has 0 radical (unpaired) electrons. The number of rotatable bonds is 4. The van der Waals surface area contributed by atoms with Crippen molar-refractivity contribution in [3.63, 3.8) is 0 Å². The van der Waals surface area contributed by atoms with Crippen molar-refractivity contribution in [1.82, 2.24) is 20.1 Å². The molecule has 2 aromatic heterocycles. The number of nitrogens with one attached hydrogen (secondary N) is 1. The van der Waals surface area contributed by atoms with Gasteiger partial charge in [-0.2, -0.15) is 0 Å². The van der Waals surface area contributed by atoms with Crippen LogP contribution in [0.3, 0.4) is 0 Å². The molecular weight excluding hydrogens is 367 g/mol. The summed E-state index contributed by atoms with van der Waals surface area (Å²) in [7, 11) is 1.84. The van der Waals surface area contributed by atoms with E-state index in [1.807, 2.05) is 32.2 Å². The third kappa shape index (κ3) is 3.61. The van der Waals surface area contributed by atoms with Gasteiger partial charge in [0, 0.05) is 22.0 Å². The highest BCUT2D eigenvalue weighted by molar-refractivity contribution is 7.17. The van der Waals surface area contributed by atoms with Crippen LogP contribution in [0.2, 0.25) is 10.0 Å². The van der Waals surface area contributed by atoms with Crippen LogP contribution >= 0.6 is 34.5 Å². The van der Waals surface area contributed by atoms with E-state index in [-0.39, 0.29) is 11.9 Å². The molecule has 1 amide bonds. The van der Waals surface area contributed by atoms with Gasteiger partial charge >= 0.3 is 0 Å². The molecule has 0 aliphatic heterocycles. The van der Waals surface area contributed by atoms with Crippen molar-refractivity contribution in [1.29, 1.82) is 0 Å². The van der Waals surface area contributed by atoms with Crippen LogP contribution in [0.15, 0.2) is 36.7 Å². The lowest BCUT2D eigenvalue weighted by atomic mass is 10.2. The zero-order valence-corrected chi connectivity index (χ0v) is 15.3. The quantitative estimate of drug-likeness (QED) is 0.731. The molecule has 0 fully saturated rings. The highest BCUT2D eigenvalue weighted by Gasteiger charge is 2.17. The number of aromatic nitrogens is 3. The summed E-state index contributed by atoms with van der Waals surface area (Å²) in [5, 5.41) is 11.9. The fraction of sp³-hybridized carbons (Fsp3) is 0.188. The van der Waals surface area contributed by atoms with Crippen LogP contribution in [-0.2, 0) is 7.05 Å². The number of benzene rings is 1. The standard InChI is InChI=1S/C16H14Cl2N4OS/c1-9(15-21-19-8-22(15)2)20-16(23)14-4-3-13(24-14)10-5-11(17)7-12(18)6-10/h3-9H,1-2H3,(H,20,23)/t9-/m0/s1. The lowest BCUT2D eigenvalue weighted by Gasteiger charge is -2.11. The minimum atomic E-state index is -0.240. The predicted octanol–water partition coefficient (Wildman–Crippen LogP) is 4.34. The van der Waals surface area contributed by atoms with Gasteiger partial charge in [-0.3, -0.25) is 4.79 Å². The number of hydrogen-bond donors (Lipinski definition) is 1. The fourth-order valence-electron chi connectivity index (χ4n) is 2.33. The molecular formula is C16H14Cl2N4OS. The minimum absolute atomic E-state index is 0.158. The van der Waals surface area contributed by atoms with Gasteiger partial charge in [0.2, 0.25) is 0 Å². The Morgan fingerprint density at radius 1 is 1.25 bits per heavy atom. The largest absolute Gasteiger partial charge is 0.342 e. The summed E-state index contributed by atoms with van der Waals surface area (Å²) in [5.41, 5.74) is 0.887. The van der Waals surface area contributed by atoms with Crippen molar-refractivity contribution in [2.45, 2.75) is 13.0 Å². The van der Waals surface area contributed by atoms with Crippen LogP contribution in [-0.4, -0.2) is 20.7 Å². The van der Waals surface area contributed by atoms with Gasteiger partial charge < -0.3 is 9.88 Å². The smallest absolute Gasteiger partial charge is 0.261 e. The average Bonchev–Trinajstić information content (AvgIpc) is 3.14. The van der Waals surface area contributed by atoms with Crippen LogP contribution in [0.5, 0.6) is 0 Å². The van der Waals surface area contributed by atoms with E-state index < -0.39 is 0 Å². The summed E-state index contributed by atoms with van der Waals surface area (Å²) in [4.78, 5) is 14.0. The number of halogens is 2. The first-order valence-electron chi connectivity index (χ1n) is 7.15. The number of nitrogens with zero attached hydrogens (tertiary/aromatic N) is 3. The van der Waals surface area contributed by atoms with E-state index in [1.165, 1.54) is 11.3 Å². The second-order valence-electron chi connectivity index (χ2n) is 5.32. The summed E-state index contributed by atoms with van der Waals surface area (Å²) in [6.07, 6.45) is 1.60. The molecule has 2 heterocycles. The van der Waals surface area contributed by atoms with Gasteiger partial charge in [-0.1, -0.05) is 23.2 Å². The van der Waals surface area contributed by atoms with Crippen LogP contribution < -0.4 is 5.32 Å². The molecule has 1 aromatic carbocycles. The number of thiophene rings is 1. The van der Waals surface area contributed by atoms with Gasteiger partial charge in [0.1, 0.15) is 6.33 Å². The second kappa shape index (κ2) is 6.93. The first-order chi connectivity index (χ1) is 11.4. The molecule has 0 aliphatic carbocycles. The van der Waals surface area contributed by atoms with Crippen LogP contribution in [0.4, 0.5) is 0 Å². The molecule has 0 saturated carbocycles. The first-order valence-corrected chi connectivity index (χ1v) is 8.72. The Hall–Kier alpha value is -1.89. The summed E-state index contributed by atoms with van der Waals surface area (Å²) in [5.74, 6) is 0.539. The predicted molar refractivity (Wildman–Crippen MR) is 96.7 cm³/mol. The maximum atomic E-state index is 12.4. The van der Waals surface area contributed by atoms with Crippen molar-refractivity contribution < 1.29 is 4.79 Å². The van der Waals surface area contributed by atoms with E-state index in [9.17, 15) is 4.79 Å². The number of carbonyl (C=O) groups is 1. The third-order valence-electron chi connectivity index (χ3n) is 3.46. The molecule has 1 atom stereocenters. The Morgan fingerprint density at radius 3 is 2.58 bits per heavy atom. The van der Waals surface area contributed by atoms with Crippen LogP contribution in [0.1, 0.15) is 28.5 Å². The van der Waals surface area contributed by atoms with Gasteiger partial charge in [-0.25, -0.2) is 0 Å². The molecule has 0 aliphatic rings. The number of hydrogen-bond acceptors (Lipinski definition) is 4. The summed E-state index contributed by atoms with van der Waals surface area (Å²) in [6.45, 7) is 1.87. The van der Waals surface area contributed by atoms with Gasteiger partial charge in [0.15, 0.2) is 5.82 Å². The Labute approximate surface area is 153 Å². The molecule has 0 spiro atoms. The molecule has 0 bridgehead atoms. The molecule has 0 saturated heterocycles. The second-order valence-corrected chi connectivity index (χ2v) is 7.27. The fourth-order valence-corrected chi connectivity index (χ4v) is 3.75. The highest BCUT2D eigenvalue weighted by atomic mass is 35.5. The van der Waals surface area contributed by atoms with Crippen molar-refractivity contribution in [2.24, 2.45) is 7.05 Å². The molecule has 0 unspecified atom stereocenters. The minimum Gasteiger partial charge on any atom is -0.342 e. The summed E-state index contributed by atoms with van der Waals surface area (Å²) >= 11 is 13.5. The molecule has 3 aromatic rings. The Morgan fingerprint density at radius 2 is 1.96 bits per heavy atom. The normalized spacial score (nSPS) is 12.2. The van der Waals surface area contributed by atoms with Crippen LogP contribution in [0, 0.1) is 0 Å².